The van der Waals surface area contributed by atoms with Crippen LogP contribution in [0.15, 0.2) is 0 Å². The third kappa shape index (κ3) is 4.18. The fraction of sp³-hybridized carbons (Fsp3) is 0.889. The third-order valence-electron chi connectivity index (χ3n) is 1.95. The van der Waals surface area contributed by atoms with E-state index in [4.69, 9.17) is 12.2 Å². The minimum atomic E-state index is 0.423. The summed E-state index contributed by atoms with van der Waals surface area (Å²) in [5.74, 6) is 1.18. The van der Waals surface area contributed by atoms with Crippen LogP contribution < -0.4 is 10.6 Å². The van der Waals surface area contributed by atoms with Gasteiger partial charge in [0.1, 0.15) is 0 Å². The largest absolute Gasteiger partial charge is 0.361 e. The molecule has 1 aliphatic heterocycles. The zero-order chi connectivity index (χ0) is 9.84. The van der Waals surface area contributed by atoms with Crippen LogP contribution in [0.5, 0.6) is 0 Å². The fourth-order valence-electron chi connectivity index (χ4n) is 1.41. The van der Waals surface area contributed by atoms with Gasteiger partial charge < -0.3 is 10.6 Å². The van der Waals surface area contributed by atoms with Crippen LogP contribution in [-0.4, -0.2) is 28.2 Å². The summed E-state index contributed by atoms with van der Waals surface area (Å²) in [5.41, 5.74) is 0. The van der Waals surface area contributed by atoms with Gasteiger partial charge in [-0.2, -0.15) is 11.8 Å². The van der Waals surface area contributed by atoms with Crippen molar-refractivity contribution in [3.63, 3.8) is 0 Å². The van der Waals surface area contributed by atoms with E-state index in [-0.39, 0.29) is 0 Å². The van der Waals surface area contributed by atoms with Gasteiger partial charge in [0.25, 0.3) is 0 Å². The molecular formula is C9H18N2S2. The van der Waals surface area contributed by atoms with E-state index in [1.54, 1.807) is 0 Å². The van der Waals surface area contributed by atoms with Gasteiger partial charge >= 0.3 is 0 Å². The van der Waals surface area contributed by atoms with Gasteiger partial charge in [0.2, 0.25) is 0 Å². The second kappa shape index (κ2) is 5.05. The van der Waals surface area contributed by atoms with Crippen LogP contribution in [0.4, 0.5) is 0 Å². The number of thioether (sulfide) groups is 1. The zero-order valence-corrected chi connectivity index (χ0v) is 10.1. The fourth-order valence-corrected chi connectivity index (χ4v) is 2.96. The van der Waals surface area contributed by atoms with Gasteiger partial charge in [-0.15, -0.1) is 0 Å². The maximum Gasteiger partial charge on any atom is 0.166 e. The Labute approximate surface area is 90.2 Å². The third-order valence-corrected chi connectivity index (χ3v) is 3.55. The molecule has 0 spiro atoms. The van der Waals surface area contributed by atoms with E-state index in [2.05, 4.69) is 31.4 Å². The average Bonchev–Trinajstić information content (AvgIpc) is 2.33. The van der Waals surface area contributed by atoms with E-state index in [9.17, 15) is 0 Å². The van der Waals surface area contributed by atoms with Crippen molar-refractivity contribution in [2.75, 3.05) is 5.75 Å². The summed E-state index contributed by atoms with van der Waals surface area (Å²) in [7, 11) is 0. The van der Waals surface area contributed by atoms with Gasteiger partial charge in [-0.25, -0.2) is 0 Å². The lowest BCUT2D eigenvalue weighted by Crippen LogP contribution is -2.44. The minimum absolute atomic E-state index is 0.423. The van der Waals surface area contributed by atoms with E-state index in [0.29, 0.717) is 12.1 Å². The van der Waals surface area contributed by atoms with Gasteiger partial charge in [-0.3, -0.25) is 0 Å². The summed E-state index contributed by atoms with van der Waals surface area (Å²) in [4.78, 5) is 0. The highest BCUT2D eigenvalue weighted by Gasteiger charge is 2.22. The molecule has 1 saturated heterocycles. The van der Waals surface area contributed by atoms with Crippen molar-refractivity contribution in [3.8, 4) is 0 Å². The zero-order valence-electron chi connectivity index (χ0n) is 8.46. The molecule has 2 unspecified atom stereocenters. The first kappa shape index (κ1) is 11.1. The Balaban J connectivity index is 2.21. The number of nitrogens with one attached hydrogen (secondary N) is 2. The summed E-state index contributed by atoms with van der Waals surface area (Å²) in [5, 5.41) is 8.11. The quantitative estimate of drug-likeness (QED) is 0.690. The molecule has 0 aromatic carbocycles. The molecule has 0 amide bonds. The van der Waals surface area contributed by atoms with Crippen molar-refractivity contribution < 1.29 is 0 Å². The molecule has 1 fully saturated rings. The van der Waals surface area contributed by atoms with Crippen LogP contribution in [-0.2, 0) is 0 Å². The maximum absolute atomic E-state index is 5.17. The Morgan fingerprint density at radius 1 is 1.54 bits per heavy atom. The number of hydrogen-bond acceptors (Lipinski definition) is 2. The van der Waals surface area contributed by atoms with Crippen molar-refractivity contribution in [3.05, 3.63) is 0 Å². The van der Waals surface area contributed by atoms with Crippen molar-refractivity contribution in [1.29, 1.82) is 0 Å². The number of rotatable bonds is 2. The SMILES string of the molecule is CC(C)NC(=S)NC1CSC(C)C1. The Hall–Kier alpha value is 0.0400. The molecule has 4 heteroatoms. The molecule has 0 aromatic rings. The molecule has 0 bridgehead atoms. The second-order valence-electron chi connectivity index (χ2n) is 3.85. The first-order valence-corrected chi connectivity index (χ1v) is 6.22. The predicted octanol–water partition coefficient (Wildman–Crippen LogP) is 1.75. The van der Waals surface area contributed by atoms with Gasteiger partial charge in [0.05, 0.1) is 0 Å². The smallest absolute Gasteiger partial charge is 0.166 e. The first-order chi connectivity index (χ1) is 6.08. The molecule has 1 rings (SSSR count). The van der Waals surface area contributed by atoms with E-state index in [0.717, 1.165) is 10.4 Å². The molecule has 0 saturated carbocycles. The van der Waals surface area contributed by atoms with Gasteiger partial charge in [0.15, 0.2) is 5.11 Å². The normalized spacial score (nSPS) is 27.7. The van der Waals surface area contributed by atoms with E-state index in [1.807, 2.05) is 11.8 Å². The minimum Gasteiger partial charge on any atom is -0.361 e. The van der Waals surface area contributed by atoms with E-state index >= 15 is 0 Å². The molecule has 0 radical (unpaired) electrons. The highest BCUT2D eigenvalue weighted by Crippen LogP contribution is 2.25. The van der Waals surface area contributed by atoms with Crippen LogP contribution in [0.1, 0.15) is 27.2 Å². The van der Waals surface area contributed by atoms with Gasteiger partial charge in [0, 0.05) is 23.1 Å². The lowest BCUT2D eigenvalue weighted by atomic mass is 10.2. The van der Waals surface area contributed by atoms with Crippen LogP contribution >= 0.6 is 24.0 Å². The molecule has 2 N–H and O–H groups in total. The molecule has 1 aliphatic rings. The molecule has 13 heavy (non-hydrogen) atoms. The molecule has 76 valence electrons. The first-order valence-electron chi connectivity index (χ1n) is 4.76. The van der Waals surface area contributed by atoms with Crippen molar-refractivity contribution >= 4 is 29.1 Å². The highest BCUT2D eigenvalue weighted by molar-refractivity contribution is 8.00. The van der Waals surface area contributed by atoms with Gasteiger partial charge in [-0.1, -0.05) is 6.92 Å². The van der Waals surface area contributed by atoms with Crippen molar-refractivity contribution in [2.24, 2.45) is 0 Å². The molecule has 1 heterocycles. The summed E-state index contributed by atoms with van der Waals surface area (Å²) in [6.45, 7) is 6.46. The van der Waals surface area contributed by atoms with Crippen LogP contribution in [0, 0.1) is 0 Å². The second-order valence-corrected chi connectivity index (χ2v) is 5.73. The topological polar surface area (TPSA) is 24.1 Å². The van der Waals surface area contributed by atoms with Gasteiger partial charge in [-0.05, 0) is 32.5 Å². The van der Waals surface area contributed by atoms with Crippen LogP contribution in [0.2, 0.25) is 0 Å². The summed E-state index contributed by atoms with van der Waals surface area (Å²) >= 11 is 7.19. The summed E-state index contributed by atoms with van der Waals surface area (Å²) in [6.07, 6.45) is 1.23. The van der Waals surface area contributed by atoms with Crippen LogP contribution in [0.25, 0.3) is 0 Å². The lowest BCUT2D eigenvalue weighted by Gasteiger charge is -2.17. The predicted molar refractivity (Wildman–Crippen MR) is 64.3 cm³/mol. The summed E-state index contributed by atoms with van der Waals surface area (Å²) in [6, 6.07) is 0.991. The number of hydrogen-bond donors (Lipinski definition) is 2. The van der Waals surface area contributed by atoms with E-state index < -0.39 is 0 Å². The average molecular weight is 218 g/mol. The molecule has 2 atom stereocenters. The Kier molecular flexibility index (Phi) is 4.32. The van der Waals surface area contributed by atoms with Crippen molar-refractivity contribution in [2.45, 2.75) is 44.5 Å². The summed E-state index contributed by atoms with van der Waals surface area (Å²) < 4.78 is 0. The monoisotopic (exact) mass is 218 g/mol. The molecule has 2 nitrogen and oxygen atoms in total. The van der Waals surface area contributed by atoms with Crippen molar-refractivity contribution in [1.82, 2.24) is 10.6 Å². The van der Waals surface area contributed by atoms with Crippen LogP contribution in [0.3, 0.4) is 0 Å². The lowest BCUT2D eigenvalue weighted by molar-refractivity contribution is 0.619. The molecule has 0 aromatic heterocycles. The Bertz CT molecular complexity index is 182. The highest BCUT2D eigenvalue weighted by atomic mass is 32.2. The Morgan fingerprint density at radius 2 is 2.23 bits per heavy atom. The maximum atomic E-state index is 5.17. The molecule has 0 aliphatic carbocycles. The standard InChI is InChI=1S/C9H18N2S2/c1-6(2)10-9(12)11-8-4-7(3)13-5-8/h6-8H,4-5H2,1-3H3,(H2,10,11,12). The number of thiocarbonyl (C=S) groups is 1. The molecular weight excluding hydrogens is 200 g/mol. The van der Waals surface area contributed by atoms with E-state index in [1.165, 1.54) is 12.2 Å². The Morgan fingerprint density at radius 3 is 2.69 bits per heavy atom.